The van der Waals surface area contributed by atoms with E-state index in [-0.39, 0.29) is 24.3 Å². The first-order chi connectivity index (χ1) is 14.7. The van der Waals surface area contributed by atoms with Crippen molar-refractivity contribution < 1.29 is 29.1 Å². The molecule has 0 unspecified atom stereocenters. The fraction of sp³-hybridized carbons (Fsp3) is 0.579. The van der Waals surface area contributed by atoms with Crippen molar-refractivity contribution >= 4 is 29.1 Å². The Kier molecular flexibility index (Phi) is 7.33. The molecule has 2 aliphatic carbocycles. The van der Waals surface area contributed by atoms with Crippen molar-refractivity contribution in [3.05, 3.63) is 27.8 Å². The Bertz CT molecular complexity index is 936. The van der Waals surface area contributed by atoms with Crippen molar-refractivity contribution in [3.63, 3.8) is 0 Å². The number of carbonyl (C=O) groups excluding carboxylic acids is 2. The zero-order valence-corrected chi connectivity index (χ0v) is 18.0. The van der Waals surface area contributed by atoms with Crippen LogP contribution < -0.4 is 10.6 Å². The van der Waals surface area contributed by atoms with Gasteiger partial charge in [0.1, 0.15) is 4.88 Å². The van der Waals surface area contributed by atoms with Gasteiger partial charge in [-0.25, -0.2) is 4.98 Å². The maximum Gasteiger partial charge on any atom is 0.300 e. The third-order valence-electron chi connectivity index (χ3n) is 5.01. The summed E-state index contributed by atoms with van der Waals surface area (Å²) in [5.74, 6) is -0.177. The fourth-order valence-electron chi connectivity index (χ4n) is 3.29. The van der Waals surface area contributed by atoms with Gasteiger partial charge in [-0.3, -0.25) is 14.4 Å². The average Bonchev–Trinajstić information content (AvgIpc) is 3.10. The number of aryl methyl sites for hydroxylation is 1. The Balaban J connectivity index is 0.000000628. The molecule has 0 radical (unpaired) electrons. The van der Waals surface area contributed by atoms with Crippen molar-refractivity contribution in [3.8, 4) is 0 Å². The minimum absolute atomic E-state index is 0.169. The highest BCUT2D eigenvalue weighted by Gasteiger charge is 2.38. The summed E-state index contributed by atoms with van der Waals surface area (Å²) < 4.78 is 5.14. The summed E-state index contributed by atoms with van der Waals surface area (Å²) in [7, 11) is 0. The van der Waals surface area contributed by atoms with Gasteiger partial charge in [0.05, 0.1) is 29.9 Å². The molecular weight excluding hydrogens is 426 g/mol. The largest absolute Gasteiger partial charge is 0.481 e. The zero-order valence-electron chi connectivity index (χ0n) is 17.2. The Morgan fingerprint density at radius 1 is 1.29 bits per heavy atom. The van der Waals surface area contributed by atoms with E-state index in [1.165, 1.54) is 11.3 Å². The summed E-state index contributed by atoms with van der Waals surface area (Å²) in [4.78, 5) is 42.6. The summed E-state index contributed by atoms with van der Waals surface area (Å²) >= 11 is 1.26. The fourth-order valence-corrected chi connectivity index (χ4v) is 4.00. The molecule has 4 N–H and O–H groups in total. The van der Waals surface area contributed by atoms with Crippen molar-refractivity contribution in [2.45, 2.75) is 64.1 Å². The van der Waals surface area contributed by atoms with Gasteiger partial charge in [0, 0.05) is 18.8 Å². The summed E-state index contributed by atoms with van der Waals surface area (Å²) in [6, 6.07) is -0.459. The van der Waals surface area contributed by atoms with Crippen molar-refractivity contribution in [1.82, 2.24) is 25.8 Å². The summed E-state index contributed by atoms with van der Waals surface area (Å²) in [5, 5.41) is 27.2. The highest BCUT2D eigenvalue weighted by atomic mass is 32.1. The van der Waals surface area contributed by atoms with Gasteiger partial charge < -0.3 is 25.4 Å². The smallest absolute Gasteiger partial charge is 0.300 e. The van der Waals surface area contributed by atoms with Gasteiger partial charge >= 0.3 is 0 Å². The van der Waals surface area contributed by atoms with Crippen LogP contribution in [0.15, 0.2) is 10.0 Å². The van der Waals surface area contributed by atoms with Crippen LogP contribution in [-0.4, -0.2) is 55.3 Å². The number of carboxylic acid groups (broad SMARTS) is 1. The molecule has 11 nitrogen and oxygen atoms in total. The number of nitrogens with one attached hydrogen (secondary N) is 2. The molecule has 0 bridgehead atoms. The first-order valence-corrected chi connectivity index (χ1v) is 10.8. The maximum atomic E-state index is 12.4. The Morgan fingerprint density at radius 2 is 2.00 bits per heavy atom. The average molecular weight is 452 g/mol. The van der Waals surface area contributed by atoms with Gasteiger partial charge in [0.15, 0.2) is 5.82 Å². The molecule has 0 aliphatic heterocycles. The number of aliphatic carboxylic acids is 1. The summed E-state index contributed by atoms with van der Waals surface area (Å²) in [5.41, 5.74) is 2.27. The molecule has 0 saturated heterocycles. The third-order valence-corrected chi connectivity index (χ3v) is 5.94. The van der Waals surface area contributed by atoms with E-state index in [9.17, 15) is 14.7 Å². The van der Waals surface area contributed by atoms with Crippen molar-refractivity contribution in [2.75, 3.05) is 0 Å². The van der Waals surface area contributed by atoms with Crippen LogP contribution in [0, 0.1) is 12.8 Å². The minimum atomic E-state index is -0.833. The minimum Gasteiger partial charge on any atom is -0.481 e. The molecule has 2 aliphatic rings. The summed E-state index contributed by atoms with van der Waals surface area (Å²) in [6.45, 7) is 3.02. The third kappa shape index (κ3) is 6.31. The lowest BCUT2D eigenvalue weighted by Crippen LogP contribution is -2.40. The van der Waals surface area contributed by atoms with E-state index >= 15 is 0 Å². The Labute approximate surface area is 182 Å². The van der Waals surface area contributed by atoms with E-state index in [2.05, 4.69) is 25.8 Å². The second-order valence-corrected chi connectivity index (χ2v) is 8.49. The molecule has 2 aromatic rings. The molecule has 4 rings (SSSR count). The molecule has 0 spiro atoms. The second-order valence-electron chi connectivity index (χ2n) is 7.64. The van der Waals surface area contributed by atoms with Crippen LogP contribution in [0.2, 0.25) is 0 Å². The lowest BCUT2D eigenvalue weighted by molar-refractivity contribution is -0.134. The van der Waals surface area contributed by atoms with E-state index in [4.69, 9.17) is 14.4 Å². The van der Waals surface area contributed by atoms with Crippen LogP contribution in [0.25, 0.3) is 0 Å². The quantitative estimate of drug-likeness (QED) is 0.500. The van der Waals surface area contributed by atoms with Gasteiger partial charge in [-0.15, -0.1) is 11.3 Å². The van der Waals surface area contributed by atoms with Crippen LogP contribution in [0.5, 0.6) is 0 Å². The number of thiazole rings is 1. The van der Waals surface area contributed by atoms with Gasteiger partial charge in [0.25, 0.3) is 11.9 Å². The van der Waals surface area contributed by atoms with Gasteiger partial charge in [-0.1, -0.05) is 5.16 Å². The van der Waals surface area contributed by atoms with Crippen LogP contribution in [0.4, 0.5) is 0 Å². The maximum absolute atomic E-state index is 12.4. The molecule has 3 atom stereocenters. The van der Waals surface area contributed by atoms with Gasteiger partial charge in [-0.05, 0) is 32.6 Å². The number of amides is 2. The number of carbonyl (C=O) groups is 3. The lowest BCUT2D eigenvalue weighted by atomic mass is 10.1. The number of aromatic nitrogens is 3. The van der Waals surface area contributed by atoms with Gasteiger partial charge in [-0.2, -0.15) is 4.98 Å². The topological polar surface area (TPSA) is 168 Å². The normalized spacial score (nSPS) is 22.4. The molecule has 2 saturated carbocycles. The predicted molar refractivity (Wildman–Crippen MR) is 108 cm³/mol. The number of carboxylic acids is 1. The van der Waals surface area contributed by atoms with E-state index in [0.29, 0.717) is 41.0 Å². The zero-order chi connectivity index (χ0) is 22.5. The first-order valence-electron chi connectivity index (χ1n) is 9.93. The van der Waals surface area contributed by atoms with E-state index in [1.807, 2.05) is 0 Å². The van der Waals surface area contributed by atoms with Crippen LogP contribution in [-0.2, 0) is 16.1 Å². The molecule has 12 heteroatoms. The van der Waals surface area contributed by atoms with E-state index < -0.39 is 18.1 Å². The van der Waals surface area contributed by atoms with Gasteiger partial charge in [0.2, 0.25) is 11.8 Å². The van der Waals surface area contributed by atoms with Crippen molar-refractivity contribution in [1.29, 1.82) is 0 Å². The second kappa shape index (κ2) is 9.96. The van der Waals surface area contributed by atoms with E-state index in [1.54, 1.807) is 12.4 Å². The number of hydrogen-bond acceptors (Lipinski definition) is 9. The van der Waals surface area contributed by atoms with Crippen LogP contribution >= 0.6 is 11.3 Å². The van der Waals surface area contributed by atoms with E-state index in [0.717, 1.165) is 19.8 Å². The van der Waals surface area contributed by atoms with Crippen LogP contribution in [0.1, 0.15) is 65.6 Å². The van der Waals surface area contributed by atoms with Crippen molar-refractivity contribution in [2.24, 2.45) is 5.92 Å². The SMILES string of the molecule is CC(=O)O.Cc1ncsc1C(=O)N[C@@H]1C[C@H](C(=O)NCc2nc(C3CC3)no2)C[C@H]1O. The highest BCUT2D eigenvalue weighted by molar-refractivity contribution is 7.11. The molecule has 2 amide bonds. The van der Waals surface area contributed by atoms with Crippen LogP contribution in [0.3, 0.4) is 0 Å². The predicted octanol–water partition coefficient (Wildman–Crippen LogP) is 0.989. The Morgan fingerprint density at radius 3 is 2.61 bits per heavy atom. The summed E-state index contributed by atoms with van der Waals surface area (Å²) in [6.07, 6.45) is 2.09. The standard InChI is InChI=1S/C17H21N5O4S.C2H4O2/c1-8-14(27-7-19-8)17(25)20-11-4-10(5-12(11)23)16(24)18-6-13-21-15(22-26-13)9-2-3-9;1-2(3)4/h7,9-12,23H,2-6H2,1H3,(H,18,24)(H,20,25);1H3,(H,3,4)/t10-,11+,12+;/m0./s1. The monoisotopic (exact) mass is 451 g/mol. The number of aliphatic hydroxyl groups is 1. The number of nitrogens with zero attached hydrogens (tertiary/aromatic N) is 3. The first kappa shape index (κ1) is 22.8. The molecule has 168 valence electrons. The molecule has 2 heterocycles. The molecule has 31 heavy (non-hydrogen) atoms. The number of aliphatic hydroxyl groups excluding tert-OH is 1. The lowest BCUT2D eigenvalue weighted by Gasteiger charge is -2.15. The molecule has 2 fully saturated rings. The highest BCUT2D eigenvalue weighted by Crippen LogP contribution is 2.38. The molecular formula is C19H25N5O6S. The molecule has 2 aromatic heterocycles. The number of rotatable bonds is 6. The molecule has 0 aromatic carbocycles. The Hall–Kier alpha value is -2.86. The number of hydrogen-bond donors (Lipinski definition) is 4.